The van der Waals surface area contributed by atoms with E-state index in [9.17, 15) is 5.11 Å². The molecule has 2 unspecified atom stereocenters. The second-order valence-electron chi connectivity index (χ2n) is 5.77. The van der Waals surface area contributed by atoms with Gasteiger partial charge in [-0.25, -0.2) is 0 Å². The number of rotatable bonds is 4. The molecule has 1 fully saturated rings. The molecule has 108 valence electrons. The first-order chi connectivity index (χ1) is 9.10. The molecule has 4 heteroatoms. The number of halogens is 1. The van der Waals surface area contributed by atoms with Crippen molar-refractivity contribution in [2.24, 2.45) is 5.92 Å². The van der Waals surface area contributed by atoms with Crippen molar-refractivity contribution >= 4 is 11.6 Å². The van der Waals surface area contributed by atoms with Crippen LogP contribution < -0.4 is 0 Å². The summed E-state index contributed by atoms with van der Waals surface area (Å²) in [7, 11) is 0. The normalized spacial score (nSPS) is 28.3. The Morgan fingerprint density at radius 3 is 2.89 bits per heavy atom. The molecule has 0 aromatic carbocycles. The maximum Gasteiger partial charge on any atom is 0.108 e. The minimum atomic E-state index is -0.786. The van der Waals surface area contributed by atoms with Gasteiger partial charge in [0.1, 0.15) is 5.60 Å². The molecule has 0 spiro atoms. The molecule has 0 radical (unpaired) electrons. The van der Waals surface area contributed by atoms with Crippen LogP contribution in [0.15, 0.2) is 6.20 Å². The predicted octanol–water partition coefficient (Wildman–Crippen LogP) is 4.12. The zero-order valence-corrected chi connectivity index (χ0v) is 12.8. The Balaban J connectivity index is 2.20. The van der Waals surface area contributed by atoms with E-state index in [1.165, 1.54) is 19.3 Å². The van der Waals surface area contributed by atoms with E-state index in [1.807, 2.05) is 11.6 Å². The summed E-state index contributed by atoms with van der Waals surface area (Å²) >= 11 is 6.25. The molecule has 19 heavy (non-hydrogen) atoms. The van der Waals surface area contributed by atoms with Crippen LogP contribution in [0.25, 0.3) is 0 Å². The minimum absolute atomic E-state index is 0.610. The molecule has 0 bridgehead atoms. The lowest BCUT2D eigenvalue weighted by molar-refractivity contribution is 0.0110. The molecule has 0 saturated heterocycles. The van der Waals surface area contributed by atoms with E-state index in [-0.39, 0.29) is 0 Å². The molecule has 3 nitrogen and oxygen atoms in total. The van der Waals surface area contributed by atoms with Gasteiger partial charge in [0.15, 0.2) is 0 Å². The SMILES string of the molecule is CCCC1CCCC(O)(c2c(Cl)cnn2CC)CC1. The second-order valence-corrected chi connectivity index (χ2v) is 6.18. The Labute approximate surface area is 121 Å². The zero-order chi connectivity index (χ0) is 13.9. The van der Waals surface area contributed by atoms with Gasteiger partial charge in [0.2, 0.25) is 0 Å². The molecule has 1 saturated carbocycles. The number of aromatic nitrogens is 2. The number of aryl methyl sites for hydroxylation is 1. The van der Waals surface area contributed by atoms with Gasteiger partial charge in [-0.3, -0.25) is 4.68 Å². The fourth-order valence-electron chi connectivity index (χ4n) is 3.39. The summed E-state index contributed by atoms with van der Waals surface area (Å²) in [6, 6.07) is 0. The third-order valence-corrected chi connectivity index (χ3v) is 4.68. The molecule has 1 aliphatic rings. The smallest absolute Gasteiger partial charge is 0.108 e. The van der Waals surface area contributed by atoms with Crippen molar-refractivity contribution in [3.63, 3.8) is 0 Å². The average Bonchev–Trinajstić information content (AvgIpc) is 2.67. The monoisotopic (exact) mass is 284 g/mol. The summed E-state index contributed by atoms with van der Waals surface area (Å²) in [6.45, 7) is 5.02. The van der Waals surface area contributed by atoms with Gasteiger partial charge in [-0.1, -0.05) is 37.8 Å². The molecule has 0 amide bonds. The van der Waals surface area contributed by atoms with Crippen LogP contribution in [0.5, 0.6) is 0 Å². The fraction of sp³-hybridized carbons (Fsp3) is 0.800. The molecule has 2 atom stereocenters. The highest BCUT2D eigenvalue weighted by Gasteiger charge is 2.36. The van der Waals surface area contributed by atoms with E-state index in [2.05, 4.69) is 12.0 Å². The summed E-state index contributed by atoms with van der Waals surface area (Å²) in [5.74, 6) is 0.760. The molecule has 2 rings (SSSR count). The van der Waals surface area contributed by atoms with Gasteiger partial charge < -0.3 is 5.11 Å². The second kappa shape index (κ2) is 6.27. The van der Waals surface area contributed by atoms with Crippen LogP contribution in [-0.2, 0) is 12.1 Å². The summed E-state index contributed by atoms with van der Waals surface area (Å²) < 4.78 is 1.85. The van der Waals surface area contributed by atoms with Gasteiger partial charge in [0, 0.05) is 6.54 Å². The lowest BCUT2D eigenvalue weighted by Crippen LogP contribution is -2.29. The van der Waals surface area contributed by atoms with Crippen LogP contribution in [0.1, 0.15) is 64.5 Å². The largest absolute Gasteiger partial charge is 0.384 e. The van der Waals surface area contributed by atoms with Crippen LogP contribution in [-0.4, -0.2) is 14.9 Å². The molecule has 1 aromatic heterocycles. The van der Waals surface area contributed by atoms with Crippen LogP contribution in [0, 0.1) is 5.92 Å². The standard InChI is InChI=1S/C15H25ClN2O/c1-3-6-12-7-5-9-15(19,10-8-12)14-13(16)11-17-18(14)4-2/h11-12,19H,3-10H2,1-2H3. The maximum absolute atomic E-state index is 11.0. The van der Waals surface area contributed by atoms with Crippen molar-refractivity contribution in [3.05, 3.63) is 16.9 Å². The first-order valence-corrected chi connectivity index (χ1v) is 7.92. The molecule has 0 aliphatic heterocycles. The molecular weight excluding hydrogens is 260 g/mol. The van der Waals surface area contributed by atoms with E-state index in [0.29, 0.717) is 5.02 Å². The molecule has 1 aliphatic carbocycles. The highest BCUT2D eigenvalue weighted by Crippen LogP contribution is 2.41. The Morgan fingerprint density at radius 1 is 1.42 bits per heavy atom. The average molecular weight is 285 g/mol. The molecule has 1 N–H and O–H groups in total. The third-order valence-electron chi connectivity index (χ3n) is 4.40. The van der Waals surface area contributed by atoms with Crippen LogP contribution in [0.4, 0.5) is 0 Å². The lowest BCUT2D eigenvalue weighted by Gasteiger charge is -2.28. The Morgan fingerprint density at radius 2 is 2.21 bits per heavy atom. The van der Waals surface area contributed by atoms with Crippen LogP contribution in [0.2, 0.25) is 5.02 Å². The molecule has 1 aromatic rings. The van der Waals surface area contributed by atoms with E-state index in [1.54, 1.807) is 6.20 Å². The first kappa shape index (κ1) is 14.9. The van der Waals surface area contributed by atoms with Gasteiger partial charge in [-0.2, -0.15) is 5.10 Å². The zero-order valence-electron chi connectivity index (χ0n) is 12.0. The third kappa shape index (κ3) is 3.14. The fourth-order valence-corrected chi connectivity index (χ4v) is 3.71. The summed E-state index contributed by atoms with van der Waals surface area (Å²) in [5.41, 5.74) is 0.0420. The minimum Gasteiger partial charge on any atom is -0.384 e. The van der Waals surface area contributed by atoms with Gasteiger partial charge in [-0.05, 0) is 38.5 Å². The predicted molar refractivity (Wildman–Crippen MR) is 78.3 cm³/mol. The Hall–Kier alpha value is -0.540. The number of aliphatic hydroxyl groups is 1. The van der Waals surface area contributed by atoms with Crippen LogP contribution >= 0.6 is 11.6 Å². The van der Waals surface area contributed by atoms with Crippen molar-refractivity contribution in [3.8, 4) is 0 Å². The Kier molecular flexibility index (Phi) is 4.91. The Bertz CT molecular complexity index is 418. The number of hydrogen-bond acceptors (Lipinski definition) is 2. The first-order valence-electron chi connectivity index (χ1n) is 7.55. The topological polar surface area (TPSA) is 38.1 Å². The highest BCUT2D eigenvalue weighted by molar-refractivity contribution is 6.31. The van der Waals surface area contributed by atoms with Crippen molar-refractivity contribution in [2.75, 3.05) is 0 Å². The molecule has 1 heterocycles. The van der Waals surface area contributed by atoms with E-state index in [4.69, 9.17) is 11.6 Å². The number of hydrogen-bond donors (Lipinski definition) is 1. The van der Waals surface area contributed by atoms with Gasteiger partial charge >= 0.3 is 0 Å². The summed E-state index contributed by atoms with van der Waals surface area (Å²) in [6.07, 6.45) is 9.18. The summed E-state index contributed by atoms with van der Waals surface area (Å²) in [4.78, 5) is 0. The van der Waals surface area contributed by atoms with E-state index < -0.39 is 5.60 Å². The van der Waals surface area contributed by atoms with E-state index >= 15 is 0 Å². The highest BCUT2D eigenvalue weighted by atomic mass is 35.5. The maximum atomic E-state index is 11.0. The lowest BCUT2D eigenvalue weighted by atomic mass is 9.89. The van der Waals surface area contributed by atoms with Gasteiger partial charge in [0.05, 0.1) is 16.9 Å². The van der Waals surface area contributed by atoms with Crippen LogP contribution in [0.3, 0.4) is 0 Å². The van der Waals surface area contributed by atoms with E-state index in [0.717, 1.165) is 43.8 Å². The van der Waals surface area contributed by atoms with Gasteiger partial charge in [0.25, 0.3) is 0 Å². The number of nitrogens with zero attached hydrogens (tertiary/aromatic N) is 2. The van der Waals surface area contributed by atoms with Gasteiger partial charge in [-0.15, -0.1) is 0 Å². The van der Waals surface area contributed by atoms with Crippen molar-refractivity contribution < 1.29 is 5.11 Å². The van der Waals surface area contributed by atoms with Crippen molar-refractivity contribution in [2.45, 2.75) is 70.9 Å². The van der Waals surface area contributed by atoms with Crippen molar-refractivity contribution in [1.82, 2.24) is 9.78 Å². The quantitative estimate of drug-likeness (QED) is 0.845. The molecular formula is C15H25ClN2O. The summed E-state index contributed by atoms with van der Waals surface area (Å²) in [5, 5.41) is 15.9. The van der Waals surface area contributed by atoms with Crippen molar-refractivity contribution in [1.29, 1.82) is 0 Å².